The lowest BCUT2D eigenvalue weighted by Gasteiger charge is -2.08. The minimum Gasteiger partial charge on any atom is -0.348 e. The van der Waals surface area contributed by atoms with Crippen molar-refractivity contribution in [3.05, 3.63) is 42.0 Å². The molecule has 1 atom stereocenters. The molecule has 0 fully saturated rings. The van der Waals surface area contributed by atoms with E-state index in [0.29, 0.717) is 6.04 Å². The van der Waals surface area contributed by atoms with E-state index < -0.39 is 0 Å². The van der Waals surface area contributed by atoms with E-state index in [2.05, 4.69) is 71.2 Å². The molecular formula is C16H26N4. The van der Waals surface area contributed by atoms with Crippen LogP contribution in [-0.2, 0) is 13.1 Å². The van der Waals surface area contributed by atoms with Gasteiger partial charge in [-0.2, -0.15) is 5.10 Å². The fraction of sp³-hybridized carbons (Fsp3) is 0.562. The van der Waals surface area contributed by atoms with Crippen LogP contribution in [0.25, 0.3) is 0 Å². The largest absolute Gasteiger partial charge is 0.348 e. The van der Waals surface area contributed by atoms with Gasteiger partial charge in [-0.1, -0.05) is 13.8 Å². The summed E-state index contributed by atoms with van der Waals surface area (Å²) in [5, 5.41) is 8.06. The van der Waals surface area contributed by atoms with Crippen molar-refractivity contribution in [2.75, 3.05) is 6.54 Å². The lowest BCUT2D eigenvalue weighted by Crippen LogP contribution is -2.13. The van der Waals surface area contributed by atoms with Crippen molar-refractivity contribution < 1.29 is 0 Å². The van der Waals surface area contributed by atoms with Crippen molar-refractivity contribution in [1.82, 2.24) is 19.7 Å². The summed E-state index contributed by atoms with van der Waals surface area (Å²) in [5.41, 5.74) is 2.45. The predicted molar refractivity (Wildman–Crippen MR) is 82.8 cm³/mol. The summed E-state index contributed by atoms with van der Waals surface area (Å²) in [7, 11) is 0. The molecule has 1 N–H and O–H groups in total. The van der Waals surface area contributed by atoms with Crippen LogP contribution in [0, 0.1) is 0 Å². The molecule has 0 aliphatic heterocycles. The molecule has 2 heterocycles. The minimum absolute atomic E-state index is 0.474. The van der Waals surface area contributed by atoms with Crippen molar-refractivity contribution in [3.8, 4) is 0 Å². The maximum absolute atomic E-state index is 4.64. The van der Waals surface area contributed by atoms with Crippen LogP contribution >= 0.6 is 0 Å². The molecular weight excluding hydrogens is 248 g/mol. The Morgan fingerprint density at radius 1 is 1.25 bits per heavy atom. The molecule has 110 valence electrons. The van der Waals surface area contributed by atoms with Crippen molar-refractivity contribution >= 4 is 0 Å². The molecule has 0 aliphatic carbocycles. The van der Waals surface area contributed by atoms with Gasteiger partial charge in [0.15, 0.2) is 0 Å². The van der Waals surface area contributed by atoms with Crippen molar-refractivity contribution in [3.63, 3.8) is 0 Å². The Balaban J connectivity index is 1.91. The summed E-state index contributed by atoms with van der Waals surface area (Å²) in [6, 6.07) is 4.76. The summed E-state index contributed by atoms with van der Waals surface area (Å²) in [6.07, 6.45) is 8.69. The van der Waals surface area contributed by atoms with Gasteiger partial charge < -0.3 is 9.88 Å². The fourth-order valence-electron chi connectivity index (χ4n) is 2.18. The van der Waals surface area contributed by atoms with Crippen LogP contribution < -0.4 is 5.32 Å². The molecule has 1 unspecified atom stereocenters. The normalized spacial score (nSPS) is 12.8. The second kappa shape index (κ2) is 7.29. The summed E-state index contributed by atoms with van der Waals surface area (Å²) >= 11 is 0. The van der Waals surface area contributed by atoms with Gasteiger partial charge in [-0.05, 0) is 44.0 Å². The molecule has 20 heavy (non-hydrogen) atoms. The van der Waals surface area contributed by atoms with Gasteiger partial charge in [0.2, 0.25) is 0 Å². The monoisotopic (exact) mass is 274 g/mol. The van der Waals surface area contributed by atoms with Crippen LogP contribution in [0.4, 0.5) is 0 Å². The van der Waals surface area contributed by atoms with Gasteiger partial charge in [0.05, 0.1) is 12.2 Å². The summed E-state index contributed by atoms with van der Waals surface area (Å²) in [6.45, 7) is 9.44. The van der Waals surface area contributed by atoms with Gasteiger partial charge in [0, 0.05) is 31.2 Å². The van der Waals surface area contributed by atoms with Crippen LogP contribution in [0.1, 0.15) is 50.9 Å². The first-order valence-electron chi connectivity index (χ1n) is 7.62. The first-order chi connectivity index (χ1) is 9.72. The highest BCUT2D eigenvalue weighted by atomic mass is 15.3. The van der Waals surface area contributed by atoms with Crippen LogP contribution in [0.2, 0.25) is 0 Å². The lowest BCUT2D eigenvalue weighted by molar-refractivity contribution is 0.472. The molecule has 2 rings (SSSR count). The zero-order chi connectivity index (χ0) is 14.4. The van der Waals surface area contributed by atoms with E-state index >= 15 is 0 Å². The number of rotatable bonds is 8. The maximum atomic E-state index is 4.64. The molecule has 4 nitrogen and oxygen atoms in total. The smallest absolute Gasteiger partial charge is 0.0821 e. The number of hydrogen-bond acceptors (Lipinski definition) is 2. The molecule has 0 amide bonds. The van der Waals surface area contributed by atoms with E-state index in [0.717, 1.165) is 31.7 Å². The van der Waals surface area contributed by atoms with Crippen molar-refractivity contribution in [2.45, 2.75) is 52.7 Å². The van der Waals surface area contributed by atoms with E-state index in [1.807, 2.05) is 0 Å². The highest BCUT2D eigenvalue weighted by molar-refractivity contribution is 5.12. The van der Waals surface area contributed by atoms with Gasteiger partial charge in [0.1, 0.15) is 0 Å². The molecule has 4 heteroatoms. The lowest BCUT2D eigenvalue weighted by atomic mass is 10.3. The molecule has 0 saturated carbocycles. The number of nitrogens with one attached hydrogen (secondary N) is 1. The molecule has 2 aromatic heterocycles. The zero-order valence-corrected chi connectivity index (χ0v) is 12.8. The van der Waals surface area contributed by atoms with Gasteiger partial charge in [-0.25, -0.2) is 0 Å². The van der Waals surface area contributed by atoms with Crippen molar-refractivity contribution in [2.24, 2.45) is 0 Å². The Hall–Kier alpha value is -1.55. The second-order valence-electron chi connectivity index (χ2n) is 5.41. The average Bonchev–Trinajstić information content (AvgIpc) is 3.08. The van der Waals surface area contributed by atoms with E-state index in [9.17, 15) is 0 Å². The van der Waals surface area contributed by atoms with E-state index in [1.54, 1.807) is 0 Å². The van der Waals surface area contributed by atoms with Crippen LogP contribution in [0.3, 0.4) is 0 Å². The maximum Gasteiger partial charge on any atom is 0.0821 e. The SMILES string of the molecule is CCCNCc1ccn(Cc2ccn(C(C)CC)n2)c1. The topological polar surface area (TPSA) is 34.8 Å². The van der Waals surface area contributed by atoms with Crippen LogP contribution in [0.15, 0.2) is 30.7 Å². The van der Waals surface area contributed by atoms with E-state index in [1.165, 1.54) is 12.0 Å². The molecule has 0 saturated heterocycles. The first-order valence-corrected chi connectivity index (χ1v) is 7.62. The Morgan fingerprint density at radius 3 is 2.85 bits per heavy atom. The third-order valence-corrected chi connectivity index (χ3v) is 3.62. The number of aromatic nitrogens is 3. The van der Waals surface area contributed by atoms with Crippen LogP contribution in [-0.4, -0.2) is 20.9 Å². The first kappa shape index (κ1) is 14.9. The third kappa shape index (κ3) is 3.97. The fourth-order valence-corrected chi connectivity index (χ4v) is 2.18. The van der Waals surface area contributed by atoms with Gasteiger partial charge in [-0.3, -0.25) is 4.68 Å². The highest BCUT2D eigenvalue weighted by Crippen LogP contribution is 2.10. The second-order valence-corrected chi connectivity index (χ2v) is 5.41. The molecule has 0 bridgehead atoms. The van der Waals surface area contributed by atoms with E-state index in [4.69, 9.17) is 0 Å². The molecule has 0 radical (unpaired) electrons. The highest BCUT2D eigenvalue weighted by Gasteiger charge is 2.05. The van der Waals surface area contributed by atoms with Crippen LogP contribution in [0.5, 0.6) is 0 Å². The molecule has 2 aromatic rings. The Bertz CT molecular complexity index is 512. The Kier molecular flexibility index (Phi) is 5.41. The third-order valence-electron chi connectivity index (χ3n) is 3.62. The van der Waals surface area contributed by atoms with Gasteiger partial charge >= 0.3 is 0 Å². The average molecular weight is 274 g/mol. The quantitative estimate of drug-likeness (QED) is 0.750. The summed E-state index contributed by atoms with van der Waals surface area (Å²) < 4.78 is 4.26. The van der Waals surface area contributed by atoms with Gasteiger partial charge in [0.25, 0.3) is 0 Å². The molecule has 0 aromatic carbocycles. The summed E-state index contributed by atoms with van der Waals surface area (Å²) in [5.74, 6) is 0. The predicted octanol–water partition coefficient (Wildman–Crippen LogP) is 3.20. The Labute approximate surface area is 121 Å². The number of hydrogen-bond donors (Lipinski definition) is 1. The van der Waals surface area contributed by atoms with Gasteiger partial charge in [-0.15, -0.1) is 0 Å². The van der Waals surface area contributed by atoms with E-state index in [-0.39, 0.29) is 0 Å². The molecule has 0 spiro atoms. The molecule has 0 aliphatic rings. The summed E-state index contributed by atoms with van der Waals surface area (Å²) in [4.78, 5) is 0. The standard InChI is InChI=1S/C16H26N4/c1-4-8-17-11-15-6-9-19(12-15)13-16-7-10-20(18-16)14(3)5-2/h6-7,9-10,12,14,17H,4-5,8,11,13H2,1-3H3. The Morgan fingerprint density at radius 2 is 2.10 bits per heavy atom. The van der Waals surface area contributed by atoms with Crippen molar-refractivity contribution in [1.29, 1.82) is 0 Å². The number of nitrogens with zero attached hydrogens (tertiary/aromatic N) is 3. The minimum atomic E-state index is 0.474. The zero-order valence-electron chi connectivity index (χ0n) is 12.8.